The van der Waals surface area contributed by atoms with E-state index in [0.29, 0.717) is 10.7 Å². The van der Waals surface area contributed by atoms with Crippen LogP contribution in [-0.4, -0.2) is 10.9 Å². The van der Waals surface area contributed by atoms with Crippen molar-refractivity contribution in [2.45, 2.75) is 0 Å². The maximum atomic E-state index is 10.8. The third-order valence-electron chi connectivity index (χ3n) is 1.99. The zero-order chi connectivity index (χ0) is 10.8. The fourth-order valence-electron chi connectivity index (χ4n) is 1.23. The Morgan fingerprint density at radius 2 is 1.93 bits per heavy atom. The smallest absolute Gasteiger partial charge is 0.248 e. The number of nitrogens with zero attached hydrogens (tertiary/aromatic N) is 1. The summed E-state index contributed by atoms with van der Waals surface area (Å²) in [6, 6.07) is 6.95. The van der Waals surface area contributed by atoms with Gasteiger partial charge < -0.3 is 11.5 Å². The Labute approximate surface area is 90.6 Å². The lowest BCUT2D eigenvalue weighted by molar-refractivity contribution is 0.100. The van der Waals surface area contributed by atoms with Crippen LogP contribution in [0.15, 0.2) is 29.6 Å². The third-order valence-corrected chi connectivity index (χ3v) is 2.66. The topological polar surface area (TPSA) is 82.0 Å². The van der Waals surface area contributed by atoms with E-state index in [1.54, 1.807) is 24.3 Å². The van der Waals surface area contributed by atoms with Gasteiger partial charge in [-0.2, -0.15) is 0 Å². The Hall–Kier alpha value is -1.88. The van der Waals surface area contributed by atoms with Crippen molar-refractivity contribution in [2.24, 2.45) is 5.73 Å². The van der Waals surface area contributed by atoms with E-state index in [2.05, 4.69) is 4.98 Å². The average molecular weight is 219 g/mol. The summed E-state index contributed by atoms with van der Waals surface area (Å²) in [5.41, 5.74) is 12.9. The number of carbonyl (C=O) groups excluding carboxylic acids is 1. The van der Waals surface area contributed by atoms with Gasteiger partial charge in [-0.3, -0.25) is 4.79 Å². The van der Waals surface area contributed by atoms with Gasteiger partial charge in [-0.25, -0.2) is 4.98 Å². The van der Waals surface area contributed by atoms with Crippen LogP contribution in [0.1, 0.15) is 10.4 Å². The van der Waals surface area contributed by atoms with Gasteiger partial charge in [-0.15, -0.1) is 11.3 Å². The molecule has 2 rings (SSSR count). The van der Waals surface area contributed by atoms with E-state index in [9.17, 15) is 4.79 Å². The van der Waals surface area contributed by atoms with E-state index in [-0.39, 0.29) is 0 Å². The van der Waals surface area contributed by atoms with Gasteiger partial charge in [0.25, 0.3) is 0 Å². The maximum Gasteiger partial charge on any atom is 0.248 e. The first kappa shape index (κ1) is 9.67. The minimum atomic E-state index is -0.431. The average Bonchev–Trinajstić information content (AvgIpc) is 2.65. The van der Waals surface area contributed by atoms with Crippen LogP contribution >= 0.6 is 11.3 Å². The Morgan fingerprint density at radius 3 is 2.40 bits per heavy atom. The van der Waals surface area contributed by atoms with E-state index in [1.165, 1.54) is 11.3 Å². The number of amides is 1. The Bertz CT molecular complexity index is 490. The van der Waals surface area contributed by atoms with Gasteiger partial charge in [0.05, 0.1) is 5.69 Å². The Balaban J connectivity index is 2.35. The van der Waals surface area contributed by atoms with Crippen molar-refractivity contribution in [3.63, 3.8) is 0 Å². The van der Waals surface area contributed by atoms with Crippen molar-refractivity contribution in [1.29, 1.82) is 0 Å². The second-order valence-corrected chi connectivity index (χ2v) is 3.90. The Morgan fingerprint density at radius 1 is 1.27 bits per heavy atom. The molecular weight excluding hydrogens is 210 g/mol. The lowest BCUT2D eigenvalue weighted by atomic mass is 10.1. The number of primary amides is 1. The predicted molar refractivity (Wildman–Crippen MR) is 60.5 cm³/mol. The molecule has 0 unspecified atom stereocenters. The highest BCUT2D eigenvalue weighted by Crippen LogP contribution is 2.23. The lowest BCUT2D eigenvalue weighted by Gasteiger charge is -1.98. The molecule has 4 nitrogen and oxygen atoms in total. The number of aromatic nitrogens is 1. The molecular formula is C10H9N3OS. The van der Waals surface area contributed by atoms with Gasteiger partial charge in [0.1, 0.15) is 0 Å². The third kappa shape index (κ3) is 1.97. The molecule has 0 saturated carbocycles. The standard InChI is InChI=1S/C10H9N3OS/c11-9(14)7-3-1-6(2-4-7)8-5-15-10(12)13-8/h1-5H,(H2,11,14)(H2,12,13). The van der Waals surface area contributed by atoms with Crippen molar-refractivity contribution >= 4 is 22.4 Å². The fraction of sp³-hybridized carbons (Fsp3) is 0. The van der Waals surface area contributed by atoms with Crippen LogP contribution in [0, 0.1) is 0 Å². The van der Waals surface area contributed by atoms with E-state index in [0.717, 1.165) is 11.3 Å². The highest BCUT2D eigenvalue weighted by atomic mass is 32.1. The monoisotopic (exact) mass is 219 g/mol. The number of hydrogen-bond donors (Lipinski definition) is 2. The van der Waals surface area contributed by atoms with Crippen LogP contribution in [0.5, 0.6) is 0 Å². The molecule has 0 aliphatic heterocycles. The van der Waals surface area contributed by atoms with Gasteiger partial charge in [-0.05, 0) is 12.1 Å². The molecule has 2 aromatic rings. The number of anilines is 1. The first-order chi connectivity index (χ1) is 7.16. The molecule has 1 amide bonds. The molecule has 0 atom stereocenters. The maximum absolute atomic E-state index is 10.8. The molecule has 0 bridgehead atoms. The number of nitrogen functional groups attached to an aromatic ring is 1. The first-order valence-corrected chi connectivity index (χ1v) is 5.16. The highest BCUT2D eigenvalue weighted by Gasteiger charge is 2.04. The van der Waals surface area contributed by atoms with Crippen LogP contribution in [0.2, 0.25) is 0 Å². The number of carbonyl (C=O) groups is 1. The number of thiazole rings is 1. The van der Waals surface area contributed by atoms with Gasteiger partial charge in [0, 0.05) is 16.5 Å². The molecule has 76 valence electrons. The molecule has 5 heteroatoms. The minimum absolute atomic E-state index is 0.431. The van der Waals surface area contributed by atoms with Crippen LogP contribution in [0.25, 0.3) is 11.3 Å². The van der Waals surface area contributed by atoms with E-state index < -0.39 is 5.91 Å². The molecule has 15 heavy (non-hydrogen) atoms. The lowest BCUT2D eigenvalue weighted by Crippen LogP contribution is -2.10. The summed E-state index contributed by atoms with van der Waals surface area (Å²) in [6.45, 7) is 0. The minimum Gasteiger partial charge on any atom is -0.375 e. The van der Waals surface area contributed by atoms with Gasteiger partial charge in [0.15, 0.2) is 5.13 Å². The van der Waals surface area contributed by atoms with Gasteiger partial charge >= 0.3 is 0 Å². The number of rotatable bonds is 2. The number of hydrogen-bond acceptors (Lipinski definition) is 4. The molecule has 0 fully saturated rings. The molecule has 0 spiro atoms. The Kier molecular flexibility index (Phi) is 2.39. The SMILES string of the molecule is NC(=O)c1ccc(-c2csc(N)n2)cc1. The zero-order valence-electron chi connectivity index (χ0n) is 7.81. The number of nitrogens with two attached hydrogens (primary N) is 2. The fourth-order valence-corrected chi connectivity index (χ4v) is 1.80. The summed E-state index contributed by atoms with van der Waals surface area (Å²) in [7, 11) is 0. The molecule has 1 aromatic heterocycles. The normalized spacial score (nSPS) is 10.1. The predicted octanol–water partition coefficient (Wildman–Crippen LogP) is 1.49. The van der Waals surface area contributed by atoms with Crippen molar-refractivity contribution in [1.82, 2.24) is 4.98 Å². The van der Waals surface area contributed by atoms with Crippen molar-refractivity contribution in [2.75, 3.05) is 5.73 Å². The molecule has 0 aliphatic rings. The molecule has 1 heterocycles. The summed E-state index contributed by atoms with van der Waals surface area (Å²) >= 11 is 1.38. The molecule has 0 radical (unpaired) electrons. The quantitative estimate of drug-likeness (QED) is 0.802. The largest absolute Gasteiger partial charge is 0.375 e. The second kappa shape index (κ2) is 3.70. The molecule has 0 saturated heterocycles. The van der Waals surface area contributed by atoms with Crippen molar-refractivity contribution < 1.29 is 4.79 Å². The highest BCUT2D eigenvalue weighted by molar-refractivity contribution is 7.13. The first-order valence-electron chi connectivity index (χ1n) is 4.28. The summed E-state index contributed by atoms with van der Waals surface area (Å²) in [6.07, 6.45) is 0. The van der Waals surface area contributed by atoms with Crippen molar-refractivity contribution in [3.05, 3.63) is 35.2 Å². The van der Waals surface area contributed by atoms with Crippen LogP contribution in [0.3, 0.4) is 0 Å². The van der Waals surface area contributed by atoms with Gasteiger partial charge in [0.2, 0.25) is 5.91 Å². The van der Waals surface area contributed by atoms with Gasteiger partial charge in [-0.1, -0.05) is 12.1 Å². The van der Waals surface area contributed by atoms with Crippen molar-refractivity contribution in [3.8, 4) is 11.3 Å². The molecule has 4 N–H and O–H groups in total. The second-order valence-electron chi connectivity index (χ2n) is 3.01. The van der Waals surface area contributed by atoms with Crippen LogP contribution in [-0.2, 0) is 0 Å². The summed E-state index contributed by atoms with van der Waals surface area (Å²) in [5, 5.41) is 2.40. The summed E-state index contributed by atoms with van der Waals surface area (Å²) in [5.74, 6) is -0.431. The zero-order valence-corrected chi connectivity index (χ0v) is 8.62. The van der Waals surface area contributed by atoms with E-state index in [4.69, 9.17) is 11.5 Å². The van der Waals surface area contributed by atoms with E-state index >= 15 is 0 Å². The summed E-state index contributed by atoms with van der Waals surface area (Å²) < 4.78 is 0. The summed E-state index contributed by atoms with van der Waals surface area (Å²) in [4.78, 5) is 15.0. The van der Waals surface area contributed by atoms with Crippen LogP contribution in [0.4, 0.5) is 5.13 Å². The van der Waals surface area contributed by atoms with E-state index in [1.807, 2.05) is 5.38 Å². The molecule has 0 aliphatic carbocycles. The number of benzene rings is 1. The van der Waals surface area contributed by atoms with Crippen LogP contribution < -0.4 is 11.5 Å². The molecule has 1 aromatic carbocycles.